The van der Waals surface area contributed by atoms with Crippen LogP contribution >= 0.6 is 11.6 Å². The number of rotatable bonds is 6. The molecule has 0 aliphatic heterocycles. The highest BCUT2D eigenvalue weighted by molar-refractivity contribution is 7.89. The molecule has 0 radical (unpaired) electrons. The number of halogens is 1. The van der Waals surface area contributed by atoms with Gasteiger partial charge in [0.2, 0.25) is 10.0 Å². The number of nitrogens with two attached hydrogens (primary N) is 1. The fraction of sp³-hybridized carbons (Fsp3) is 0.167. The van der Waals surface area contributed by atoms with Gasteiger partial charge in [-0.25, -0.2) is 28.5 Å². The maximum absolute atomic E-state index is 11.5. The highest BCUT2D eigenvalue weighted by Gasteiger charge is 2.25. The van der Waals surface area contributed by atoms with Crippen molar-refractivity contribution in [3.05, 3.63) is 65.7 Å². The Labute approximate surface area is 167 Å². The molecule has 0 fully saturated rings. The molecule has 0 saturated carbocycles. The van der Waals surface area contributed by atoms with Gasteiger partial charge in [0.15, 0.2) is 0 Å². The number of nitrogens with one attached hydrogen (secondary N) is 1. The van der Waals surface area contributed by atoms with E-state index in [4.69, 9.17) is 21.5 Å². The second kappa shape index (κ2) is 7.70. The number of primary sulfonamides is 1. The fourth-order valence-corrected chi connectivity index (χ4v) is 3.06. The summed E-state index contributed by atoms with van der Waals surface area (Å²) in [6.07, 6.45) is 2.93. The van der Waals surface area contributed by atoms with Gasteiger partial charge in [0.1, 0.15) is 29.3 Å². The SMILES string of the molecule is CC(C)(Oc1cccc(S(N)(=O)=O)c1)c1cc(Nc2ccc(Cl)cn2)ncn1. The molecule has 2 heterocycles. The molecule has 0 unspecified atom stereocenters. The number of benzene rings is 1. The van der Waals surface area contributed by atoms with E-state index in [-0.39, 0.29) is 4.90 Å². The molecule has 0 saturated heterocycles. The molecule has 146 valence electrons. The Bertz CT molecular complexity index is 1090. The predicted molar refractivity (Wildman–Crippen MR) is 106 cm³/mol. The van der Waals surface area contributed by atoms with E-state index in [9.17, 15) is 8.42 Å². The minimum atomic E-state index is -3.82. The molecule has 8 nitrogen and oxygen atoms in total. The monoisotopic (exact) mass is 419 g/mol. The van der Waals surface area contributed by atoms with Gasteiger partial charge in [0.05, 0.1) is 15.6 Å². The molecule has 0 aliphatic carbocycles. The molecule has 0 amide bonds. The summed E-state index contributed by atoms with van der Waals surface area (Å²) in [7, 11) is -3.82. The normalized spacial score (nSPS) is 11.9. The molecule has 0 spiro atoms. The molecule has 0 atom stereocenters. The van der Waals surface area contributed by atoms with Crippen LogP contribution in [0.3, 0.4) is 0 Å². The first-order chi connectivity index (χ1) is 13.1. The molecular weight excluding hydrogens is 402 g/mol. The standard InChI is InChI=1S/C18H18ClN5O3S/c1-18(2,27-13-4-3-5-14(8-13)28(20,25)26)15-9-17(23-11-22-15)24-16-7-6-12(19)10-21-16/h3-11H,1-2H3,(H2,20,25,26)(H,21,22,23,24). The van der Waals surface area contributed by atoms with Crippen LogP contribution in [0.1, 0.15) is 19.5 Å². The largest absolute Gasteiger partial charge is 0.482 e. The third-order valence-electron chi connectivity index (χ3n) is 3.77. The van der Waals surface area contributed by atoms with E-state index in [2.05, 4.69) is 20.3 Å². The van der Waals surface area contributed by atoms with E-state index in [1.54, 1.807) is 30.3 Å². The van der Waals surface area contributed by atoms with E-state index in [1.165, 1.54) is 24.7 Å². The Morgan fingerprint density at radius 3 is 2.54 bits per heavy atom. The van der Waals surface area contributed by atoms with Crippen LogP contribution in [0.5, 0.6) is 5.75 Å². The zero-order chi connectivity index (χ0) is 20.4. The second-order valence-corrected chi connectivity index (χ2v) is 8.41. The maximum Gasteiger partial charge on any atom is 0.238 e. The quantitative estimate of drug-likeness (QED) is 0.629. The van der Waals surface area contributed by atoms with Crippen molar-refractivity contribution in [2.45, 2.75) is 24.3 Å². The third kappa shape index (κ3) is 4.94. The van der Waals surface area contributed by atoms with Gasteiger partial charge in [-0.1, -0.05) is 17.7 Å². The molecule has 1 aromatic carbocycles. The van der Waals surface area contributed by atoms with Crippen LogP contribution in [0.2, 0.25) is 5.02 Å². The van der Waals surface area contributed by atoms with Gasteiger partial charge in [0.25, 0.3) is 0 Å². The average Bonchev–Trinajstić information content (AvgIpc) is 2.63. The lowest BCUT2D eigenvalue weighted by molar-refractivity contribution is 0.103. The first kappa shape index (κ1) is 20.0. The summed E-state index contributed by atoms with van der Waals surface area (Å²) in [5.41, 5.74) is -0.288. The molecule has 3 aromatic rings. The topological polar surface area (TPSA) is 120 Å². The van der Waals surface area contributed by atoms with Crippen molar-refractivity contribution in [1.29, 1.82) is 0 Å². The van der Waals surface area contributed by atoms with Crippen LogP contribution in [0.25, 0.3) is 0 Å². The van der Waals surface area contributed by atoms with Crippen LogP contribution in [0.15, 0.2) is 59.9 Å². The summed E-state index contributed by atoms with van der Waals surface area (Å²) >= 11 is 5.84. The molecule has 28 heavy (non-hydrogen) atoms. The van der Waals surface area contributed by atoms with E-state index in [0.29, 0.717) is 28.1 Å². The Morgan fingerprint density at radius 2 is 1.86 bits per heavy atom. The molecule has 3 N–H and O–H groups in total. The smallest absolute Gasteiger partial charge is 0.238 e. The lowest BCUT2D eigenvalue weighted by atomic mass is 10.0. The van der Waals surface area contributed by atoms with Gasteiger partial charge in [-0.15, -0.1) is 0 Å². The third-order valence-corrected chi connectivity index (χ3v) is 4.91. The van der Waals surface area contributed by atoms with Crippen molar-refractivity contribution in [3.8, 4) is 5.75 Å². The number of nitrogens with zero attached hydrogens (tertiary/aromatic N) is 3. The van der Waals surface area contributed by atoms with Crippen LogP contribution in [-0.4, -0.2) is 23.4 Å². The zero-order valence-electron chi connectivity index (χ0n) is 15.1. The molecule has 2 aromatic heterocycles. The lowest BCUT2D eigenvalue weighted by Crippen LogP contribution is -2.27. The van der Waals surface area contributed by atoms with Crippen molar-refractivity contribution < 1.29 is 13.2 Å². The molecule has 0 aliphatic rings. The summed E-state index contributed by atoms with van der Waals surface area (Å²) in [6, 6.07) is 11.1. The molecular formula is C18H18ClN5O3S. The summed E-state index contributed by atoms with van der Waals surface area (Å²) in [4.78, 5) is 12.6. The Hall–Kier alpha value is -2.75. The number of ether oxygens (including phenoxy) is 1. The number of anilines is 2. The van der Waals surface area contributed by atoms with Crippen molar-refractivity contribution in [2.24, 2.45) is 5.14 Å². The highest BCUT2D eigenvalue weighted by atomic mass is 35.5. The van der Waals surface area contributed by atoms with Gasteiger partial charge in [-0.2, -0.15) is 0 Å². The molecule has 10 heteroatoms. The average molecular weight is 420 g/mol. The summed E-state index contributed by atoms with van der Waals surface area (Å²) < 4.78 is 29.1. The highest BCUT2D eigenvalue weighted by Crippen LogP contribution is 2.29. The summed E-state index contributed by atoms with van der Waals surface area (Å²) in [5, 5.41) is 8.77. The van der Waals surface area contributed by atoms with Gasteiger partial charge in [0, 0.05) is 18.3 Å². The van der Waals surface area contributed by atoms with Crippen LogP contribution in [0, 0.1) is 0 Å². The minimum absolute atomic E-state index is 0.0281. The Morgan fingerprint density at radius 1 is 1.07 bits per heavy atom. The number of aromatic nitrogens is 3. The van der Waals surface area contributed by atoms with E-state index >= 15 is 0 Å². The fourth-order valence-electron chi connectivity index (χ4n) is 2.40. The number of hydrogen-bond donors (Lipinski definition) is 2. The minimum Gasteiger partial charge on any atom is -0.482 e. The summed E-state index contributed by atoms with van der Waals surface area (Å²) in [5.74, 6) is 1.45. The summed E-state index contributed by atoms with van der Waals surface area (Å²) in [6.45, 7) is 3.62. The van der Waals surface area contributed by atoms with Crippen molar-refractivity contribution in [3.63, 3.8) is 0 Å². The first-order valence-electron chi connectivity index (χ1n) is 8.16. The van der Waals surface area contributed by atoms with Crippen molar-refractivity contribution >= 4 is 33.3 Å². The number of pyridine rings is 1. The molecule has 0 bridgehead atoms. The van der Waals surface area contributed by atoms with E-state index < -0.39 is 15.6 Å². The Balaban J connectivity index is 1.83. The Kier molecular flexibility index (Phi) is 5.50. The predicted octanol–water partition coefficient (Wildman–Crippen LogP) is 3.23. The number of sulfonamides is 1. The van der Waals surface area contributed by atoms with Gasteiger partial charge in [-0.05, 0) is 38.1 Å². The van der Waals surface area contributed by atoms with Gasteiger partial charge in [-0.3, -0.25) is 0 Å². The van der Waals surface area contributed by atoms with Crippen molar-refractivity contribution in [2.75, 3.05) is 5.32 Å². The van der Waals surface area contributed by atoms with Crippen LogP contribution in [0.4, 0.5) is 11.6 Å². The second-order valence-electron chi connectivity index (χ2n) is 6.41. The molecule has 3 rings (SSSR count). The lowest BCUT2D eigenvalue weighted by Gasteiger charge is -2.26. The first-order valence-corrected chi connectivity index (χ1v) is 10.1. The number of hydrogen-bond acceptors (Lipinski definition) is 7. The van der Waals surface area contributed by atoms with Gasteiger partial charge >= 0.3 is 0 Å². The van der Waals surface area contributed by atoms with Gasteiger partial charge < -0.3 is 10.1 Å². The van der Waals surface area contributed by atoms with Crippen LogP contribution < -0.4 is 15.2 Å². The maximum atomic E-state index is 11.5. The van der Waals surface area contributed by atoms with E-state index in [0.717, 1.165) is 0 Å². The van der Waals surface area contributed by atoms with Crippen LogP contribution in [-0.2, 0) is 15.6 Å². The van der Waals surface area contributed by atoms with Crippen molar-refractivity contribution in [1.82, 2.24) is 15.0 Å². The zero-order valence-corrected chi connectivity index (χ0v) is 16.7. The van der Waals surface area contributed by atoms with E-state index in [1.807, 2.05) is 13.8 Å².